The largest absolute Gasteiger partial charge is 0.494 e. The Morgan fingerprint density at radius 2 is 2.17 bits per heavy atom. The highest BCUT2D eigenvalue weighted by Crippen LogP contribution is 2.17. The van der Waals surface area contributed by atoms with Crippen molar-refractivity contribution < 1.29 is 23.8 Å². The van der Waals surface area contributed by atoms with Crippen molar-refractivity contribution in [3.8, 4) is 5.75 Å². The number of benzene rings is 1. The van der Waals surface area contributed by atoms with E-state index in [2.05, 4.69) is 5.32 Å². The Morgan fingerprint density at radius 1 is 1.50 bits per heavy atom. The molecule has 2 N–H and O–H groups in total. The molecule has 18 heavy (non-hydrogen) atoms. The first-order chi connectivity index (χ1) is 8.45. The number of aliphatic carboxylic acids is 1. The van der Waals surface area contributed by atoms with Crippen molar-refractivity contribution in [2.24, 2.45) is 5.92 Å². The van der Waals surface area contributed by atoms with Crippen molar-refractivity contribution in [3.63, 3.8) is 0 Å². The predicted molar refractivity (Wildman–Crippen MR) is 61.6 cm³/mol. The number of methoxy groups -OCH3 is 1. The van der Waals surface area contributed by atoms with Gasteiger partial charge < -0.3 is 15.2 Å². The fourth-order valence-electron chi connectivity index (χ4n) is 1.27. The van der Waals surface area contributed by atoms with Crippen LogP contribution in [-0.2, 0) is 16.1 Å². The molecular formula is C12H14FNO4. The minimum atomic E-state index is -1.20. The lowest BCUT2D eigenvalue weighted by Gasteiger charge is -2.09. The average Bonchev–Trinajstić information content (AvgIpc) is 2.35. The van der Waals surface area contributed by atoms with Crippen molar-refractivity contribution >= 4 is 11.9 Å². The van der Waals surface area contributed by atoms with E-state index in [9.17, 15) is 14.0 Å². The van der Waals surface area contributed by atoms with E-state index in [1.165, 1.54) is 26.2 Å². The zero-order chi connectivity index (χ0) is 13.7. The van der Waals surface area contributed by atoms with Crippen LogP contribution in [0, 0.1) is 11.7 Å². The smallest absolute Gasteiger partial charge is 0.315 e. The van der Waals surface area contributed by atoms with E-state index in [0.717, 1.165) is 0 Å². The molecule has 0 aliphatic heterocycles. The van der Waals surface area contributed by atoms with Crippen LogP contribution in [0.25, 0.3) is 0 Å². The van der Waals surface area contributed by atoms with Crippen molar-refractivity contribution in [1.29, 1.82) is 0 Å². The lowest BCUT2D eigenvalue weighted by molar-refractivity contribution is -0.146. The number of carbonyl (C=O) groups excluding carboxylic acids is 1. The SMILES string of the molecule is COc1ccc(CNC(=O)C(C)C(=O)O)cc1F. The van der Waals surface area contributed by atoms with Crippen LogP contribution >= 0.6 is 0 Å². The molecule has 0 bridgehead atoms. The third kappa shape index (κ3) is 3.44. The summed E-state index contributed by atoms with van der Waals surface area (Å²) in [5.74, 6) is -3.36. The summed E-state index contributed by atoms with van der Waals surface area (Å²) < 4.78 is 18.1. The van der Waals surface area contributed by atoms with Crippen molar-refractivity contribution in [2.75, 3.05) is 7.11 Å². The molecule has 1 amide bonds. The summed E-state index contributed by atoms with van der Waals surface area (Å²) in [4.78, 5) is 21.9. The molecular weight excluding hydrogens is 241 g/mol. The number of hydrogen-bond acceptors (Lipinski definition) is 3. The van der Waals surface area contributed by atoms with Crippen molar-refractivity contribution in [1.82, 2.24) is 5.32 Å². The van der Waals surface area contributed by atoms with Gasteiger partial charge in [0.15, 0.2) is 11.6 Å². The summed E-state index contributed by atoms with van der Waals surface area (Å²) in [7, 11) is 1.36. The highest BCUT2D eigenvalue weighted by atomic mass is 19.1. The molecule has 1 atom stereocenters. The van der Waals surface area contributed by atoms with Gasteiger partial charge in [0.2, 0.25) is 5.91 Å². The molecule has 6 heteroatoms. The van der Waals surface area contributed by atoms with E-state index < -0.39 is 23.6 Å². The van der Waals surface area contributed by atoms with Gasteiger partial charge in [-0.15, -0.1) is 0 Å². The minimum Gasteiger partial charge on any atom is -0.494 e. The molecule has 0 saturated heterocycles. The average molecular weight is 255 g/mol. The van der Waals surface area contributed by atoms with Gasteiger partial charge >= 0.3 is 5.97 Å². The number of carboxylic acid groups (broad SMARTS) is 1. The first kappa shape index (κ1) is 14.0. The van der Waals surface area contributed by atoms with Gasteiger partial charge in [0, 0.05) is 6.54 Å². The van der Waals surface area contributed by atoms with Gasteiger partial charge in [0.05, 0.1) is 7.11 Å². The van der Waals surface area contributed by atoms with E-state index in [4.69, 9.17) is 9.84 Å². The zero-order valence-corrected chi connectivity index (χ0v) is 10.1. The number of amides is 1. The summed E-state index contributed by atoms with van der Waals surface area (Å²) in [6, 6.07) is 4.26. The van der Waals surface area contributed by atoms with E-state index >= 15 is 0 Å². The Labute approximate surface area is 104 Å². The summed E-state index contributed by atoms with van der Waals surface area (Å²) in [6.07, 6.45) is 0. The number of carboxylic acids is 1. The molecule has 0 radical (unpaired) electrons. The summed E-state index contributed by atoms with van der Waals surface area (Å²) in [5, 5.41) is 11.0. The number of hydrogen-bond donors (Lipinski definition) is 2. The lowest BCUT2D eigenvalue weighted by atomic mass is 10.1. The van der Waals surface area contributed by atoms with E-state index in [1.807, 2.05) is 0 Å². The highest BCUT2D eigenvalue weighted by molar-refractivity contribution is 5.96. The van der Waals surface area contributed by atoms with Gasteiger partial charge in [0.25, 0.3) is 0 Å². The second-order valence-electron chi connectivity index (χ2n) is 3.75. The molecule has 0 spiro atoms. The standard InChI is InChI=1S/C12H14FNO4/c1-7(12(16)17)11(15)14-6-8-3-4-10(18-2)9(13)5-8/h3-5,7H,6H2,1-2H3,(H,14,15)(H,16,17). The maximum atomic E-state index is 13.3. The van der Waals surface area contributed by atoms with E-state index in [-0.39, 0.29) is 12.3 Å². The van der Waals surface area contributed by atoms with Crippen LogP contribution in [0.2, 0.25) is 0 Å². The van der Waals surface area contributed by atoms with Crippen LogP contribution in [0.4, 0.5) is 4.39 Å². The Kier molecular flexibility index (Phi) is 4.65. The monoisotopic (exact) mass is 255 g/mol. The minimum absolute atomic E-state index is 0.0668. The number of ether oxygens (including phenoxy) is 1. The maximum Gasteiger partial charge on any atom is 0.315 e. The van der Waals surface area contributed by atoms with Crippen molar-refractivity contribution in [3.05, 3.63) is 29.6 Å². The quantitative estimate of drug-likeness (QED) is 0.774. The van der Waals surface area contributed by atoms with Crippen LogP contribution in [0.5, 0.6) is 5.75 Å². The first-order valence-electron chi connectivity index (χ1n) is 5.28. The fraction of sp³-hybridized carbons (Fsp3) is 0.333. The Hall–Kier alpha value is -2.11. The third-order valence-electron chi connectivity index (χ3n) is 2.45. The van der Waals surface area contributed by atoms with Crippen molar-refractivity contribution in [2.45, 2.75) is 13.5 Å². The Morgan fingerprint density at radius 3 is 2.67 bits per heavy atom. The molecule has 0 heterocycles. The van der Waals surface area contributed by atoms with E-state index in [0.29, 0.717) is 5.56 Å². The summed E-state index contributed by atoms with van der Waals surface area (Å²) in [6.45, 7) is 1.35. The molecule has 1 aromatic carbocycles. The highest BCUT2D eigenvalue weighted by Gasteiger charge is 2.19. The second kappa shape index (κ2) is 6.00. The van der Waals surface area contributed by atoms with Gasteiger partial charge in [-0.25, -0.2) is 4.39 Å². The van der Waals surface area contributed by atoms with Crippen LogP contribution in [0.3, 0.4) is 0 Å². The number of carbonyl (C=O) groups is 2. The van der Waals surface area contributed by atoms with E-state index in [1.54, 1.807) is 6.07 Å². The van der Waals surface area contributed by atoms with Gasteiger partial charge in [-0.1, -0.05) is 6.07 Å². The van der Waals surface area contributed by atoms with Crippen LogP contribution in [0.15, 0.2) is 18.2 Å². The molecule has 0 fully saturated rings. The Balaban J connectivity index is 2.61. The first-order valence-corrected chi connectivity index (χ1v) is 5.28. The normalized spacial score (nSPS) is 11.7. The maximum absolute atomic E-state index is 13.3. The Bertz CT molecular complexity index is 461. The van der Waals surface area contributed by atoms with Crippen LogP contribution in [-0.4, -0.2) is 24.1 Å². The van der Waals surface area contributed by atoms with Gasteiger partial charge in [0.1, 0.15) is 5.92 Å². The molecule has 5 nitrogen and oxygen atoms in total. The molecule has 0 aliphatic carbocycles. The lowest BCUT2D eigenvalue weighted by Crippen LogP contribution is -2.33. The number of nitrogens with one attached hydrogen (secondary N) is 1. The molecule has 98 valence electrons. The third-order valence-corrected chi connectivity index (χ3v) is 2.45. The summed E-state index contributed by atoms with van der Waals surface area (Å²) in [5.41, 5.74) is 0.527. The zero-order valence-electron chi connectivity index (χ0n) is 10.1. The molecule has 1 rings (SSSR count). The molecule has 1 unspecified atom stereocenters. The molecule has 0 aliphatic rings. The second-order valence-corrected chi connectivity index (χ2v) is 3.75. The predicted octanol–water partition coefficient (Wildman–Crippen LogP) is 1.17. The van der Waals surface area contributed by atoms with Gasteiger partial charge in [-0.2, -0.15) is 0 Å². The number of halogens is 1. The molecule has 0 saturated carbocycles. The van der Waals surface area contributed by atoms with Gasteiger partial charge in [-0.05, 0) is 24.6 Å². The van der Waals surface area contributed by atoms with Crippen LogP contribution in [0.1, 0.15) is 12.5 Å². The fourth-order valence-corrected chi connectivity index (χ4v) is 1.27. The van der Waals surface area contributed by atoms with Gasteiger partial charge in [-0.3, -0.25) is 9.59 Å². The topological polar surface area (TPSA) is 75.6 Å². The molecule has 0 aromatic heterocycles. The molecule has 1 aromatic rings. The van der Waals surface area contributed by atoms with Crippen LogP contribution < -0.4 is 10.1 Å². The number of rotatable bonds is 5. The summed E-state index contributed by atoms with van der Waals surface area (Å²) >= 11 is 0.